The highest BCUT2D eigenvalue weighted by molar-refractivity contribution is 7.17. The van der Waals surface area contributed by atoms with Crippen LogP contribution in [0.2, 0.25) is 0 Å². The van der Waals surface area contributed by atoms with Gasteiger partial charge in [0, 0.05) is 16.5 Å². The summed E-state index contributed by atoms with van der Waals surface area (Å²) in [6.07, 6.45) is 2.77. The van der Waals surface area contributed by atoms with Crippen molar-refractivity contribution in [3.8, 4) is 0 Å². The summed E-state index contributed by atoms with van der Waals surface area (Å²) < 4.78 is 15.0. The summed E-state index contributed by atoms with van der Waals surface area (Å²) in [4.78, 5) is 3.77. The van der Waals surface area contributed by atoms with Crippen LogP contribution < -0.4 is 11.3 Å². The lowest BCUT2D eigenvalue weighted by Gasteiger charge is -2.18. The van der Waals surface area contributed by atoms with Crippen molar-refractivity contribution in [2.75, 3.05) is 0 Å². The molecule has 0 aliphatic carbocycles. The number of hydrogen-bond acceptors (Lipinski definition) is 4. The fraction of sp³-hybridized carbons (Fsp3) is 0.0714. The second-order valence-corrected chi connectivity index (χ2v) is 5.10. The number of fused-ring (bicyclic) bond motifs is 1. The summed E-state index contributed by atoms with van der Waals surface area (Å²) in [6, 6.07) is 9.25. The highest BCUT2D eigenvalue weighted by Gasteiger charge is 2.19. The van der Waals surface area contributed by atoms with Crippen LogP contribution in [-0.2, 0) is 0 Å². The molecule has 0 bridgehead atoms. The topological polar surface area (TPSA) is 50.9 Å². The molecule has 3 aromatic rings. The molecule has 1 atom stereocenters. The molecule has 0 radical (unpaired) electrons. The van der Waals surface area contributed by atoms with Crippen molar-refractivity contribution in [2.24, 2.45) is 5.84 Å². The Bertz CT molecular complexity index is 710. The van der Waals surface area contributed by atoms with Gasteiger partial charge < -0.3 is 0 Å². The number of halogens is 1. The Hall–Kier alpha value is -1.82. The van der Waals surface area contributed by atoms with Crippen molar-refractivity contribution in [1.82, 2.24) is 10.4 Å². The maximum atomic E-state index is 13.9. The average molecular weight is 273 g/mol. The fourth-order valence-electron chi connectivity index (χ4n) is 2.21. The minimum absolute atomic E-state index is 0.362. The van der Waals surface area contributed by atoms with Gasteiger partial charge in [0.2, 0.25) is 0 Å². The molecule has 3 rings (SSSR count). The maximum absolute atomic E-state index is 13.9. The third-order valence-corrected chi connectivity index (χ3v) is 4.08. The van der Waals surface area contributed by atoms with E-state index in [1.165, 1.54) is 6.20 Å². The number of benzene rings is 1. The molecule has 5 heteroatoms. The minimum Gasteiger partial charge on any atom is -0.271 e. The molecule has 19 heavy (non-hydrogen) atoms. The maximum Gasteiger partial charge on any atom is 0.146 e. The Morgan fingerprint density at radius 2 is 2.11 bits per heavy atom. The molecule has 3 nitrogen and oxygen atoms in total. The monoisotopic (exact) mass is 273 g/mol. The van der Waals surface area contributed by atoms with Gasteiger partial charge in [-0.15, -0.1) is 11.3 Å². The fourth-order valence-corrected chi connectivity index (χ4v) is 3.16. The van der Waals surface area contributed by atoms with Crippen molar-refractivity contribution < 1.29 is 4.39 Å². The Morgan fingerprint density at radius 3 is 2.89 bits per heavy atom. The second-order valence-electron chi connectivity index (χ2n) is 4.18. The second kappa shape index (κ2) is 5.05. The van der Waals surface area contributed by atoms with E-state index < -0.39 is 0 Å². The van der Waals surface area contributed by atoms with Crippen LogP contribution in [0.25, 0.3) is 10.1 Å². The first kappa shape index (κ1) is 12.2. The number of pyridine rings is 1. The van der Waals surface area contributed by atoms with Crippen molar-refractivity contribution in [3.63, 3.8) is 0 Å². The molecule has 0 aliphatic rings. The van der Waals surface area contributed by atoms with Gasteiger partial charge in [-0.25, -0.2) is 9.82 Å². The number of rotatable bonds is 3. The largest absolute Gasteiger partial charge is 0.271 e. The lowest BCUT2D eigenvalue weighted by atomic mass is 9.99. The van der Waals surface area contributed by atoms with E-state index in [0.29, 0.717) is 5.56 Å². The predicted octanol–water partition coefficient (Wildman–Crippen LogP) is 2.99. The first-order chi connectivity index (χ1) is 9.31. The van der Waals surface area contributed by atoms with Gasteiger partial charge in [-0.3, -0.25) is 10.8 Å². The molecule has 0 amide bonds. The normalized spacial score (nSPS) is 12.7. The summed E-state index contributed by atoms with van der Waals surface area (Å²) in [5, 5.41) is 3.15. The van der Waals surface area contributed by atoms with E-state index >= 15 is 0 Å². The van der Waals surface area contributed by atoms with E-state index in [4.69, 9.17) is 5.84 Å². The number of aromatic nitrogens is 1. The van der Waals surface area contributed by atoms with Crippen molar-refractivity contribution in [2.45, 2.75) is 6.04 Å². The van der Waals surface area contributed by atoms with E-state index in [1.54, 1.807) is 23.6 Å². The van der Waals surface area contributed by atoms with Gasteiger partial charge in [-0.05, 0) is 28.5 Å². The van der Waals surface area contributed by atoms with Crippen LogP contribution in [0.15, 0.2) is 48.1 Å². The first-order valence-corrected chi connectivity index (χ1v) is 6.71. The quantitative estimate of drug-likeness (QED) is 0.570. The van der Waals surface area contributed by atoms with E-state index in [9.17, 15) is 4.39 Å². The Labute approximate surface area is 113 Å². The Morgan fingerprint density at radius 1 is 1.21 bits per heavy atom. The van der Waals surface area contributed by atoms with E-state index in [2.05, 4.69) is 10.4 Å². The van der Waals surface area contributed by atoms with Crippen LogP contribution >= 0.6 is 11.3 Å². The lowest BCUT2D eigenvalue weighted by molar-refractivity contribution is 0.557. The zero-order chi connectivity index (χ0) is 13.2. The van der Waals surface area contributed by atoms with Crippen LogP contribution in [-0.4, -0.2) is 4.98 Å². The highest BCUT2D eigenvalue weighted by atomic mass is 32.1. The Balaban J connectivity index is 2.18. The van der Waals surface area contributed by atoms with Gasteiger partial charge in [0.05, 0.1) is 12.2 Å². The molecular formula is C14H12FN3S. The SMILES string of the molecule is NNC(c1ccncc1F)c1cccc2ccsc12. The minimum atomic E-state index is -0.384. The van der Waals surface area contributed by atoms with Crippen LogP contribution in [0.5, 0.6) is 0 Å². The van der Waals surface area contributed by atoms with Crippen molar-refractivity contribution in [3.05, 3.63) is 65.0 Å². The molecule has 1 unspecified atom stereocenters. The van der Waals surface area contributed by atoms with Gasteiger partial charge in [0.25, 0.3) is 0 Å². The molecule has 0 fully saturated rings. The van der Waals surface area contributed by atoms with Crippen molar-refractivity contribution >= 4 is 21.4 Å². The summed E-state index contributed by atoms with van der Waals surface area (Å²) in [7, 11) is 0. The summed E-state index contributed by atoms with van der Waals surface area (Å²) in [5.41, 5.74) is 4.17. The molecule has 1 aromatic carbocycles. The predicted molar refractivity (Wildman–Crippen MR) is 75.2 cm³/mol. The van der Waals surface area contributed by atoms with E-state index in [1.807, 2.05) is 29.6 Å². The van der Waals surface area contributed by atoms with Gasteiger partial charge in [0.15, 0.2) is 0 Å². The summed E-state index contributed by atoms with van der Waals surface area (Å²) >= 11 is 1.62. The number of nitrogens with one attached hydrogen (secondary N) is 1. The molecule has 0 aliphatic heterocycles. The number of hydrazine groups is 1. The molecule has 0 saturated heterocycles. The van der Waals surface area contributed by atoms with Crippen LogP contribution in [0.4, 0.5) is 4.39 Å². The smallest absolute Gasteiger partial charge is 0.146 e. The van der Waals surface area contributed by atoms with E-state index in [-0.39, 0.29) is 11.9 Å². The number of hydrogen-bond donors (Lipinski definition) is 2. The molecule has 0 spiro atoms. The molecule has 96 valence electrons. The molecule has 2 heterocycles. The van der Waals surface area contributed by atoms with Crippen LogP contribution in [0.3, 0.4) is 0 Å². The number of nitrogens with zero attached hydrogens (tertiary/aromatic N) is 1. The molecule has 3 N–H and O–H groups in total. The van der Waals surface area contributed by atoms with Crippen LogP contribution in [0.1, 0.15) is 17.2 Å². The standard InChI is InChI=1S/C14H12FN3S/c15-12-8-17-6-4-10(12)13(18-16)11-3-1-2-9-5-7-19-14(9)11/h1-8,13,18H,16H2. The average Bonchev–Trinajstić information content (AvgIpc) is 2.91. The molecule has 0 saturated carbocycles. The number of thiophene rings is 1. The summed E-state index contributed by atoms with van der Waals surface area (Å²) in [5.74, 6) is 5.27. The van der Waals surface area contributed by atoms with Gasteiger partial charge in [0.1, 0.15) is 5.82 Å². The third-order valence-electron chi connectivity index (χ3n) is 3.10. The highest BCUT2D eigenvalue weighted by Crippen LogP contribution is 2.32. The first-order valence-electron chi connectivity index (χ1n) is 5.83. The van der Waals surface area contributed by atoms with E-state index in [0.717, 1.165) is 15.6 Å². The zero-order valence-electron chi connectivity index (χ0n) is 10.0. The van der Waals surface area contributed by atoms with Gasteiger partial charge in [-0.2, -0.15) is 0 Å². The van der Waals surface area contributed by atoms with Gasteiger partial charge >= 0.3 is 0 Å². The van der Waals surface area contributed by atoms with Crippen LogP contribution in [0, 0.1) is 5.82 Å². The van der Waals surface area contributed by atoms with Gasteiger partial charge in [-0.1, -0.05) is 18.2 Å². The lowest BCUT2D eigenvalue weighted by Crippen LogP contribution is -2.29. The molecule has 2 aromatic heterocycles. The number of nitrogens with two attached hydrogens (primary N) is 1. The Kier molecular flexibility index (Phi) is 3.25. The zero-order valence-corrected chi connectivity index (χ0v) is 10.8. The summed E-state index contributed by atoms with van der Waals surface area (Å²) in [6.45, 7) is 0. The molecular weight excluding hydrogens is 261 g/mol. The van der Waals surface area contributed by atoms with Crippen molar-refractivity contribution in [1.29, 1.82) is 0 Å². The third kappa shape index (κ3) is 2.12.